The molecule has 0 amide bonds. The van der Waals surface area contributed by atoms with Crippen LogP contribution in [0.1, 0.15) is 13.8 Å². The van der Waals surface area contributed by atoms with Gasteiger partial charge in [0.1, 0.15) is 5.83 Å². The second kappa shape index (κ2) is 4.06. The van der Waals surface area contributed by atoms with Gasteiger partial charge in [0, 0.05) is 0 Å². The molecule has 0 aromatic heterocycles. The molecule has 0 saturated heterocycles. The van der Waals surface area contributed by atoms with Crippen LogP contribution < -0.4 is 0 Å². The molecule has 0 unspecified atom stereocenters. The molecule has 0 radical (unpaired) electrons. The van der Waals surface area contributed by atoms with Crippen LogP contribution in [-0.4, -0.2) is 12.6 Å². The predicted octanol–water partition coefficient (Wildman–Crippen LogP) is 1.42. The molecule has 9 heavy (non-hydrogen) atoms. The Bertz CT molecular complexity index is 125. The van der Waals surface area contributed by atoms with E-state index in [1.165, 1.54) is 6.92 Å². The lowest BCUT2D eigenvalue weighted by molar-refractivity contribution is -0.137. The van der Waals surface area contributed by atoms with Crippen molar-refractivity contribution in [2.45, 2.75) is 13.8 Å². The van der Waals surface area contributed by atoms with E-state index >= 15 is 0 Å². The summed E-state index contributed by atoms with van der Waals surface area (Å²) in [7, 11) is 0. The maximum absolute atomic E-state index is 11.8. The van der Waals surface area contributed by atoms with Crippen LogP contribution in [0, 0.1) is 0 Å². The van der Waals surface area contributed by atoms with Crippen molar-refractivity contribution in [2.75, 3.05) is 6.61 Å². The van der Waals surface area contributed by atoms with E-state index in [0.717, 1.165) is 6.08 Å². The summed E-state index contributed by atoms with van der Waals surface area (Å²) < 4.78 is 16.2. The Morgan fingerprint density at radius 2 is 2.33 bits per heavy atom. The molecule has 0 saturated carbocycles. The van der Waals surface area contributed by atoms with Crippen molar-refractivity contribution in [1.82, 2.24) is 0 Å². The Hall–Kier alpha value is -0.860. The number of ether oxygens (including phenoxy) is 1. The average Bonchev–Trinajstić information content (AvgIpc) is 1.63. The summed E-state index contributed by atoms with van der Waals surface area (Å²) in [5.41, 5.74) is 0. The Labute approximate surface area is 53.3 Å². The Kier molecular flexibility index (Phi) is 3.67. The lowest BCUT2D eigenvalue weighted by Crippen LogP contribution is -1.99. The van der Waals surface area contributed by atoms with Gasteiger partial charge in [-0.25, -0.2) is 9.18 Å². The third-order valence-electron chi connectivity index (χ3n) is 0.603. The minimum Gasteiger partial charge on any atom is -0.463 e. The topological polar surface area (TPSA) is 26.3 Å². The summed E-state index contributed by atoms with van der Waals surface area (Å²) in [5.74, 6) is -1.16. The van der Waals surface area contributed by atoms with Crippen LogP contribution in [0.4, 0.5) is 4.39 Å². The number of carbonyl (C=O) groups is 1. The minimum absolute atomic E-state index is 0.280. The smallest absolute Gasteiger partial charge is 0.333 e. The molecule has 0 aliphatic heterocycles. The molecule has 0 fully saturated rings. The summed E-state index contributed by atoms with van der Waals surface area (Å²) in [6.45, 7) is 3.14. The Morgan fingerprint density at radius 3 is 2.67 bits per heavy atom. The average molecular weight is 132 g/mol. The molecule has 0 N–H and O–H groups in total. The Balaban J connectivity index is 3.63. The van der Waals surface area contributed by atoms with Crippen LogP contribution in [-0.2, 0) is 9.53 Å². The highest BCUT2D eigenvalue weighted by Crippen LogP contribution is 1.92. The molecule has 52 valence electrons. The van der Waals surface area contributed by atoms with E-state index in [9.17, 15) is 9.18 Å². The molecular formula is C6H9FO2. The van der Waals surface area contributed by atoms with Gasteiger partial charge < -0.3 is 4.74 Å². The molecule has 0 aromatic rings. The van der Waals surface area contributed by atoms with E-state index in [0.29, 0.717) is 0 Å². The normalized spacial score (nSPS) is 11.2. The number of carbonyl (C=O) groups excluding carboxylic acids is 1. The van der Waals surface area contributed by atoms with E-state index in [2.05, 4.69) is 4.74 Å². The third kappa shape index (κ3) is 5.00. The van der Waals surface area contributed by atoms with Crippen LogP contribution in [0.5, 0.6) is 0 Å². The van der Waals surface area contributed by atoms with Gasteiger partial charge in [-0.15, -0.1) is 0 Å². The molecule has 0 bridgehead atoms. The number of hydrogen-bond donors (Lipinski definition) is 0. The van der Waals surface area contributed by atoms with Gasteiger partial charge in [-0.3, -0.25) is 0 Å². The molecule has 0 heterocycles. The second-order valence-corrected chi connectivity index (χ2v) is 1.48. The number of hydrogen-bond acceptors (Lipinski definition) is 2. The monoisotopic (exact) mass is 132 g/mol. The van der Waals surface area contributed by atoms with Gasteiger partial charge in [0.2, 0.25) is 0 Å². The van der Waals surface area contributed by atoms with Gasteiger partial charge in [-0.2, -0.15) is 0 Å². The fraction of sp³-hybridized carbons (Fsp3) is 0.500. The molecule has 0 aliphatic carbocycles. The highest BCUT2D eigenvalue weighted by Gasteiger charge is 1.94. The lowest BCUT2D eigenvalue weighted by Gasteiger charge is -1.92. The van der Waals surface area contributed by atoms with Gasteiger partial charge in [0.15, 0.2) is 0 Å². The zero-order valence-electron chi connectivity index (χ0n) is 5.48. The van der Waals surface area contributed by atoms with E-state index in [1.54, 1.807) is 6.92 Å². The molecule has 2 nitrogen and oxygen atoms in total. The number of allylic oxidation sites excluding steroid dienone is 1. The fourth-order valence-electron chi connectivity index (χ4n) is 0.346. The molecular weight excluding hydrogens is 123 g/mol. The first-order valence-corrected chi connectivity index (χ1v) is 2.67. The van der Waals surface area contributed by atoms with E-state index < -0.39 is 11.8 Å². The van der Waals surface area contributed by atoms with Crippen LogP contribution in [0.2, 0.25) is 0 Å². The lowest BCUT2D eigenvalue weighted by atomic mass is 10.5. The fourth-order valence-corrected chi connectivity index (χ4v) is 0.346. The van der Waals surface area contributed by atoms with Crippen LogP contribution >= 0.6 is 0 Å². The molecule has 3 heteroatoms. The molecule has 0 rings (SSSR count). The first-order chi connectivity index (χ1) is 4.16. The predicted molar refractivity (Wildman–Crippen MR) is 31.5 cm³/mol. The van der Waals surface area contributed by atoms with Crippen molar-refractivity contribution >= 4 is 5.97 Å². The minimum atomic E-state index is -0.627. The first-order valence-electron chi connectivity index (χ1n) is 2.67. The number of esters is 1. The van der Waals surface area contributed by atoms with Gasteiger partial charge in [0.05, 0.1) is 12.7 Å². The SMILES string of the molecule is CCOC(=O)/C=C(/C)F. The molecule has 0 atom stereocenters. The summed E-state index contributed by atoms with van der Waals surface area (Å²) in [5, 5.41) is 0. The van der Waals surface area contributed by atoms with Crippen LogP contribution in [0.25, 0.3) is 0 Å². The highest BCUT2D eigenvalue weighted by atomic mass is 19.1. The van der Waals surface area contributed by atoms with Gasteiger partial charge in [-0.05, 0) is 13.8 Å². The van der Waals surface area contributed by atoms with Crippen molar-refractivity contribution in [3.05, 3.63) is 11.9 Å². The van der Waals surface area contributed by atoms with Gasteiger partial charge >= 0.3 is 5.97 Å². The summed E-state index contributed by atoms with van der Waals surface area (Å²) in [6.07, 6.45) is 0.809. The first kappa shape index (κ1) is 8.14. The third-order valence-corrected chi connectivity index (χ3v) is 0.603. The van der Waals surface area contributed by atoms with Gasteiger partial charge in [-0.1, -0.05) is 0 Å². The standard InChI is InChI=1S/C6H9FO2/c1-3-9-6(8)4-5(2)7/h4H,3H2,1-2H3/b5-4-. The van der Waals surface area contributed by atoms with E-state index in [4.69, 9.17) is 0 Å². The second-order valence-electron chi connectivity index (χ2n) is 1.48. The summed E-state index contributed by atoms with van der Waals surface area (Å²) >= 11 is 0. The largest absolute Gasteiger partial charge is 0.463 e. The Morgan fingerprint density at radius 1 is 1.78 bits per heavy atom. The summed E-state index contributed by atoms with van der Waals surface area (Å²) in [6, 6.07) is 0. The molecule has 0 aliphatic rings. The maximum atomic E-state index is 11.8. The number of rotatable bonds is 2. The summed E-state index contributed by atoms with van der Waals surface area (Å²) in [4.78, 5) is 10.3. The van der Waals surface area contributed by atoms with E-state index in [-0.39, 0.29) is 6.61 Å². The van der Waals surface area contributed by atoms with Crippen molar-refractivity contribution in [2.24, 2.45) is 0 Å². The molecule has 0 aromatic carbocycles. The molecule has 0 spiro atoms. The quantitative estimate of drug-likeness (QED) is 0.419. The zero-order valence-corrected chi connectivity index (χ0v) is 5.48. The number of halogens is 1. The van der Waals surface area contributed by atoms with Crippen LogP contribution in [0.15, 0.2) is 11.9 Å². The van der Waals surface area contributed by atoms with Gasteiger partial charge in [0.25, 0.3) is 0 Å². The van der Waals surface area contributed by atoms with Crippen LogP contribution in [0.3, 0.4) is 0 Å². The van der Waals surface area contributed by atoms with E-state index in [1.807, 2.05) is 0 Å². The van der Waals surface area contributed by atoms with Crippen molar-refractivity contribution in [3.63, 3.8) is 0 Å². The zero-order chi connectivity index (χ0) is 7.28. The maximum Gasteiger partial charge on any atom is 0.333 e. The van der Waals surface area contributed by atoms with Crippen molar-refractivity contribution in [1.29, 1.82) is 0 Å². The van der Waals surface area contributed by atoms with Crippen molar-refractivity contribution in [3.8, 4) is 0 Å². The van der Waals surface area contributed by atoms with Crippen molar-refractivity contribution < 1.29 is 13.9 Å². The highest BCUT2D eigenvalue weighted by molar-refractivity contribution is 5.82.